The Bertz CT molecular complexity index is 2650. The molecule has 0 aliphatic carbocycles. The molecule has 0 spiro atoms. The Balaban J connectivity index is -0.0000000825. The molecule has 98 heavy (non-hydrogen) atoms. The molecule has 3 unspecified atom stereocenters. The van der Waals surface area contributed by atoms with Crippen LogP contribution in [-0.2, 0) is 119 Å². The lowest BCUT2D eigenvalue weighted by Gasteiger charge is -2.23. The molecule has 0 heterocycles. The Morgan fingerprint density at radius 3 is 0.704 bits per heavy atom. The Hall–Kier alpha value is -1.91. The van der Waals surface area contributed by atoms with Crippen molar-refractivity contribution in [1.29, 1.82) is 0 Å². The van der Waals surface area contributed by atoms with Crippen LogP contribution in [0.25, 0.3) is 0 Å². The zero-order valence-electron chi connectivity index (χ0n) is 71.8. The molecule has 0 fully saturated rings. The van der Waals surface area contributed by atoms with Crippen molar-refractivity contribution in [2.75, 3.05) is 88.6 Å². The number of sulfonamides is 1. The van der Waals surface area contributed by atoms with E-state index in [1.807, 2.05) is 180 Å². The molecule has 0 radical (unpaired) electrons. The van der Waals surface area contributed by atoms with E-state index in [-0.39, 0.29) is 66.2 Å². The third kappa shape index (κ3) is 94.1. The number of carbonyl (C=O) groups is 4. The summed E-state index contributed by atoms with van der Waals surface area (Å²) >= 11 is -1.14. The smallest absolute Gasteiger partial charge is 0.310 e. The largest absolute Gasteiger partial charge is 0.469 e. The van der Waals surface area contributed by atoms with Gasteiger partial charge in [-0.25, -0.2) is 33.9 Å². The van der Waals surface area contributed by atoms with E-state index >= 15 is 0 Å². The molecule has 604 valence electrons. The van der Waals surface area contributed by atoms with E-state index in [1.54, 1.807) is 141 Å². The SMILES string of the molecule is CC(=O)C(C)(C)C.CC(=O)OC(C)(C)C.CC(C)(C)OS(C)(=O)=O.CC(C)(C)S(C)(=O)=O.CN(C)C(=O)C(C)(C)C.CN(C)S(=O)(=O)C(C)(C)C.CN(C)S(=O)C(C)(C)C.COC(=O)C(C)(C)C.COC(C)(C)C.COS(=O)(=O)C(C)(C)C.CS(=O)C(C)(C)C.CS(=O)OC(C)(C)C. The molecule has 0 aromatic rings. The predicted octanol–water partition coefficient (Wildman–Crippen LogP) is 13.0. The van der Waals surface area contributed by atoms with Gasteiger partial charge in [-0.05, 0) is 229 Å². The molecule has 0 N–H and O–H groups in total. The molecule has 1 amide bonds. The number of ether oxygens (including phenoxy) is 3. The number of hydrogen-bond acceptors (Lipinski definition) is 21. The van der Waals surface area contributed by atoms with Gasteiger partial charge in [-0.15, -0.1) is 0 Å². The van der Waals surface area contributed by atoms with Crippen LogP contribution in [0.1, 0.15) is 263 Å². The molecule has 31 heteroatoms. The Kier molecular flexibility index (Phi) is 62.4. The number of amides is 1. The average molecular weight is 1560 g/mol. The van der Waals surface area contributed by atoms with Crippen LogP contribution in [0.4, 0.5) is 0 Å². The number of methoxy groups -OCH3 is 2. The summed E-state index contributed by atoms with van der Waals surface area (Å²) in [4.78, 5) is 44.0. The standard InChI is InChI=1S/C7H15NO.C6H15NO2S.C6H15NOS.2C6H12O2.C6H12O.2C5H12O3S.2C5H12O2S.C5H12OS.C5H12O/c1-7(2,3)6(9)8(4)5;1-6(2,3)10(8,9)7(4)5;1-6(2,3)9(8)7(4)5;1-6(2,3)5(7)8-4;1-5(7)8-6(2,3)4;1-5(7)6(2,3)4;1-5(2,3)8-9(4,6)7;1-5(2,3)9(6,7)8-4;1-5(2,3)8(4,6)7;1-5(2,3)7-8(4)6;1-5(2,3)7(4)6;1-5(2,3)6-4/h1-5H3;1-5H3;1-5H3;2*1-4H3;1-4H3;2*1-4H3;2*1-4H3;1-4H3;1-4H3. The molecular formula is C67H153N3O21S7. The lowest BCUT2D eigenvalue weighted by Crippen LogP contribution is -2.38. The van der Waals surface area contributed by atoms with Crippen molar-refractivity contribution in [2.45, 2.75) is 309 Å². The maximum atomic E-state index is 11.3. The van der Waals surface area contributed by atoms with E-state index in [0.717, 1.165) is 6.26 Å². The van der Waals surface area contributed by atoms with Crippen LogP contribution in [0.15, 0.2) is 0 Å². The second-order valence-electron chi connectivity index (χ2n) is 34.3. The molecule has 0 saturated carbocycles. The average Bonchev–Trinajstić information content (AvgIpc) is 0.836. The topological polar surface area (TPSA) is 321 Å². The first-order valence-corrected chi connectivity index (χ1v) is 42.0. The number of nitrogens with zero attached hydrogens (tertiary/aromatic N) is 3. The van der Waals surface area contributed by atoms with Gasteiger partial charge < -0.3 is 19.1 Å². The third-order valence-corrected chi connectivity index (χ3v) is 21.4. The number of ketones is 1. The molecule has 0 aliphatic heterocycles. The Labute approximate surface area is 612 Å². The number of Topliss-reactive ketones (excluding diaryl/α,β-unsaturated/α-hetero) is 1. The van der Waals surface area contributed by atoms with E-state index in [2.05, 4.69) is 13.1 Å². The number of sulfone groups is 1. The van der Waals surface area contributed by atoms with Crippen molar-refractivity contribution in [3.63, 3.8) is 0 Å². The Morgan fingerprint density at radius 2 is 0.704 bits per heavy atom. The zero-order chi connectivity index (χ0) is 84.0. The van der Waals surface area contributed by atoms with E-state index in [9.17, 15) is 65.5 Å². The molecule has 0 aromatic carbocycles. The van der Waals surface area contributed by atoms with Crippen LogP contribution in [0, 0.1) is 16.2 Å². The minimum absolute atomic E-state index is 0.0278. The molecule has 0 aromatic heterocycles. The van der Waals surface area contributed by atoms with Gasteiger partial charge in [0.1, 0.15) is 11.4 Å². The summed E-state index contributed by atoms with van der Waals surface area (Å²) in [5.41, 5.74) is -1.89. The number of hydrogen-bond donors (Lipinski definition) is 0. The van der Waals surface area contributed by atoms with Crippen LogP contribution >= 0.6 is 0 Å². The summed E-state index contributed by atoms with van der Waals surface area (Å²) in [7, 11) is 0.464. The third-order valence-electron chi connectivity index (χ3n) is 9.79. The van der Waals surface area contributed by atoms with Gasteiger partial charge >= 0.3 is 11.9 Å². The van der Waals surface area contributed by atoms with Crippen molar-refractivity contribution in [2.24, 2.45) is 16.2 Å². The highest BCUT2D eigenvalue weighted by Crippen LogP contribution is 2.19. The summed E-state index contributed by atoms with van der Waals surface area (Å²) in [6, 6.07) is 0. The van der Waals surface area contributed by atoms with Crippen molar-refractivity contribution in [3.05, 3.63) is 0 Å². The lowest BCUT2D eigenvalue weighted by molar-refractivity contribution is -0.152. The quantitative estimate of drug-likeness (QED) is 0.182. The first-order valence-electron chi connectivity index (χ1n) is 31.3. The van der Waals surface area contributed by atoms with E-state index in [4.69, 9.17) is 13.7 Å². The van der Waals surface area contributed by atoms with Gasteiger partial charge in [0.2, 0.25) is 15.9 Å². The molecule has 0 rings (SSSR count). The van der Waals surface area contributed by atoms with E-state index in [1.165, 1.54) is 38.0 Å². The molecule has 0 bridgehead atoms. The second kappa shape index (κ2) is 49.7. The predicted molar refractivity (Wildman–Crippen MR) is 417 cm³/mol. The molecule has 24 nitrogen and oxygen atoms in total. The maximum absolute atomic E-state index is 11.3. The van der Waals surface area contributed by atoms with Crippen LogP contribution < -0.4 is 0 Å². The fourth-order valence-corrected chi connectivity index (χ4v) is 7.86. The highest BCUT2D eigenvalue weighted by molar-refractivity contribution is 7.92. The van der Waals surface area contributed by atoms with Crippen LogP contribution in [-0.4, -0.2) is 218 Å². The molecule has 0 saturated heterocycles. The van der Waals surface area contributed by atoms with Crippen molar-refractivity contribution >= 4 is 96.6 Å². The molecular weight excluding hydrogens is 1410 g/mol. The second-order valence-corrected chi connectivity index (χ2v) is 49.5. The van der Waals surface area contributed by atoms with Gasteiger partial charge in [-0.2, -0.15) is 16.8 Å². The maximum Gasteiger partial charge on any atom is 0.310 e. The minimum Gasteiger partial charge on any atom is -0.469 e. The molecule has 3 atom stereocenters. The minimum atomic E-state index is -3.34. The van der Waals surface area contributed by atoms with Crippen LogP contribution in [0.3, 0.4) is 0 Å². The number of carbonyl (C=O) groups excluding carboxylic acids is 4. The van der Waals surface area contributed by atoms with Crippen LogP contribution in [0.2, 0.25) is 0 Å². The normalized spacial score (nSPS) is 13.5. The zero-order valence-corrected chi connectivity index (χ0v) is 77.5. The number of esters is 2. The van der Waals surface area contributed by atoms with Gasteiger partial charge in [-0.3, -0.25) is 35.9 Å². The van der Waals surface area contributed by atoms with Gasteiger partial charge in [0.25, 0.3) is 20.2 Å². The van der Waals surface area contributed by atoms with Gasteiger partial charge in [0, 0.05) is 87.4 Å². The lowest BCUT2D eigenvalue weighted by atomic mass is 9.92. The van der Waals surface area contributed by atoms with E-state index < -0.39 is 92.8 Å². The summed E-state index contributed by atoms with van der Waals surface area (Å²) in [6.07, 6.45) is 5.52. The Morgan fingerprint density at radius 1 is 0.418 bits per heavy atom. The highest BCUT2D eigenvalue weighted by atomic mass is 32.2. The van der Waals surface area contributed by atoms with Gasteiger partial charge in [0.05, 0.1) is 72.7 Å². The fourth-order valence-electron chi connectivity index (χ4n) is 3.56. The van der Waals surface area contributed by atoms with Crippen LogP contribution in [0.5, 0.6) is 0 Å². The number of rotatable bonds is 5. The summed E-state index contributed by atoms with van der Waals surface area (Å²) < 4.78 is 147. The fraction of sp³-hybridized carbons (Fsp3) is 0.940. The van der Waals surface area contributed by atoms with Gasteiger partial charge in [-0.1, -0.05) is 41.5 Å². The van der Waals surface area contributed by atoms with Crippen molar-refractivity contribution < 1.29 is 92.2 Å². The summed E-state index contributed by atoms with van der Waals surface area (Å²) in [5, 5.41) is 0. The first-order chi connectivity index (χ1) is 41.4. The van der Waals surface area contributed by atoms with E-state index in [0.29, 0.717) is 0 Å². The summed E-state index contributed by atoms with van der Waals surface area (Å²) in [5.74, 6) is 0.0185. The highest BCUT2D eigenvalue weighted by Gasteiger charge is 2.31. The molecule has 0 aliphatic rings. The monoisotopic (exact) mass is 1560 g/mol. The van der Waals surface area contributed by atoms with Gasteiger partial charge in [0.15, 0.2) is 20.9 Å². The van der Waals surface area contributed by atoms with Crippen molar-refractivity contribution in [3.8, 4) is 0 Å². The first kappa shape index (κ1) is 123. The van der Waals surface area contributed by atoms with Crippen molar-refractivity contribution in [1.82, 2.24) is 13.5 Å². The summed E-state index contributed by atoms with van der Waals surface area (Å²) in [6.45, 7) is 68.8.